The van der Waals surface area contributed by atoms with Gasteiger partial charge < -0.3 is 11.1 Å². The Hall–Kier alpha value is -0.870. The number of amides is 1. The number of rotatable bonds is 5. The topological polar surface area (TPSA) is 55.1 Å². The Kier molecular flexibility index (Phi) is 6.21. The summed E-state index contributed by atoms with van der Waals surface area (Å²) in [5.74, 6) is 0.0113. The first kappa shape index (κ1) is 17.2. The normalized spacial score (nSPS) is 14.7. The molecule has 0 saturated heterocycles. The lowest BCUT2D eigenvalue weighted by atomic mass is 9.87. The molecule has 0 aromatic heterocycles. The van der Waals surface area contributed by atoms with Crippen molar-refractivity contribution >= 4 is 21.8 Å². The van der Waals surface area contributed by atoms with Gasteiger partial charge in [0.15, 0.2) is 0 Å². The minimum Gasteiger partial charge on any atom is -0.350 e. The second kappa shape index (κ2) is 7.23. The van der Waals surface area contributed by atoms with Gasteiger partial charge in [0.1, 0.15) is 0 Å². The van der Waals surface area contributed by atoms with Crippen LogP contribution in [0.1, 0.15) is 52.1 Å². The van der Waals surface area contributed by atoms with Gasteiger partial charge >= 0.3 is 0 Å². The number of nitrogens with two attached hydrogens (primary N) is 1. The summed E-state index contributed by atoms with van der Waals surface area (Å²) in [5, 5.41) is 3.00. The standard InChI is InChI=1S/C16H25BrN2O/c1-11(12-5-7-13(17)8-6-12)19-15(20)9-14(18)10-16(2,3)4/h5-8,11,14H,9-10,18H2,1-4H3,(H,19,20)/t11-,14?/m1/s1. The molecule has 3 nitrogen and oxygen atoms in total. The van der Waals surface area contributed by atoms with Crippen molar-refractivity contribution in [1.82, 2.24) is 5.32 Å². The summed E-state index contributed by atoms with van der Waals surface area (Å²) in [5.41, 5.74) is 7.27. The molecule has 0 heterocycles. The fourth-order valence-corrected chi connectivity index (χ4v) is 2.50. The van der Waals surface area contributed by atoms with Gasteiger partial charge in [-0.05, 0) is 36.5 Å². The number of carbonyl (C=O) groups excluding carboxylic acids is 1. The second-order valence-corrected chi connectivity index (χ2v) is 7.49. The van der Waals surface area contributed by atoms with Crippen molar-refractivity contribution in [3.63, 3.8) is 0 Å². The van der Waals surface area contributed by atoms with Gasteiger partial charge in [-0.15, -0.1) is 0 Å². The Bertz CT molecular complexity index is 437. The van der Waals surface area contributed by atoms with E-state index in [4.69, 9.17) is 5.73 Å². The molecule has 0 bridgehead atoms. The molecule has 1 rings (SSSR count). The van der Waals surface area contributed by atoms with Crippen LogP contribution in [0.4, 0.5) is 0 Å². The summed E-state index contributed by atoms with van der Waals surface area (Å²) in [6, 6.07) is 7.87. The highest BCUT2D eigenvalue weighted by Gasteiger charge is 2.19. The van der Waals surface area contributed by atoms with E-state index in [0.29, 0.717) is 6.42 Å². The van der Waals surface area contributed by atoms with Gasteiger partial charge in [-0.25, -0.2) is 0 Å². The van der Waals surface area contributed by atoms with Crippen LogP contribution in [0.2, 0.25) is 0 Å². The molecule has 112 valence electrons. The second-order valence-electron chi connectivity index (χ2n) is 6.57. The third kappa shape index (κ3) is 6.53. The van der Waals surface area contributed by atoms with Crippen molar-refractivity contribution in [1.29, 1.82) is 0 Å². The fourth-order valence-electron chi connectivity index (χ4n) is 2.23. The van der Waals surface area contributed by atoms with E-state index in [2.05, 4.69) is 42.0 Å². The minimum absolute atomic E-state index is 0.00237. The first-order valence-electron chi connectivity index (χ1n) is 6.98. The lowest BCUT2D eigenvalue weighted by Crippen LogP contribution is -2.35. The molecular formula is C16H25BrN2O. The quantitative estimate of drug-likeness (QED) is 0.856. The van der Waals surface area contributed by atoms with Crippen LogP contribution in [-0.2, 0) is 4.79 Å². The van der Waals surface area contributed by atoms with Gasteiger partial charge in [0.25, 0.3) is 0 Å². The molecule has 0 saturated carbocycles. The summed E-state index contributed by atoms with van der Waals surface area (Å²) in [6.07, 6.45) is 1.21. The van der Waals surface area contributed by atoms with Gasteiger partial charge in [0, 0.05) is 16.9 Å². The van der Waals surface area contributed by atoms with Crippen LogP contribution in [0, 0.1) is 5.41 Å². The Morgan fingerprint density at radius 3 is 2.35 bits per heavy atom. The van der Waals surface area contributed by atoms with Gasteiger partial charge in [-0.2, -0.15) is 0 Å². The summed E-state index contributed by atoms with van der Waals surface area (Å²) in [7, 11) is 0. The van der Waals surface area contributed by atoms with Gasteiger partial charge in [-0.1, -0.05) is 48.8 Å². The third-order valence-corrected chi connectivity index (χ3v) is 3.60. The van der Waals surface area contributed by atoms with Crippen LogP contribution < -0.4 is 11.1 Å². The monoisotopic (exact) mass is 340 g/mol. The SMILES string of the molecule is C[C@@H](NC(=O)CC(N)CC(C)(C)C)c1ccc(Br)cc1. The van der Waals surface area contributed by atoms with Crippen LogP contribution in [0.5, 0.6) is 0 Å². The summed E-state index contributed by atoms with van der Waals surface area (Å²) in [4.78, 5) is 12.0. The maximum Gasteiger partial charge on any atom is 0.222 e. The zero-order chi connectivity index (χ0) is 15.3. The van der Waals surface area contributed by atoms with Crippen LogP contribution >= 0.6 is 15.9 Å². The highest BCUT2D eigenvalue weighted by molar-refractivity contribution is 9.10. The predicted molar refractivity (Wildman–Crippen MR) is 87.4 cm³/mol. The van der Waals surface area contributed by atoms with E-state index in [1.807, 2.05) is 31.2 Å². The van der Waals surface area contributed by atoms with Gasteiger partial charge in [0.05, 0.1) is 6.04 Å². The smallest absolute Gasteiger partial charge is 0.222 e. The van der Waals surface area contributed by atoms with E-state index in [0.717, 1.165) is 16.5 Å². The Morgan fingerprint density at radius 1 is 1.30 bits per heavy atom. The van der Waals surface area contributed by atoms with Crippen LogP contribution in [0.3, 0.4) is 0 Å². The van der Waals surface area contributed by atoms with E-state index in [1.165, 1.54) is 0 Å². The zero-order valence-electron chi connectivity index (χ0n) is 12.7. The van der Waals surface area contributed by atoms with Gasteiger partial charge in [-0.3, -0.25) is 4.79 Å². The van der Waals surface area contributed by atoms with Crippen molar-refractivity contribution in [3.8, 4) is 0 Å². The molecule has 0 fully saturated rings. The molecule has 1 aromatic rings. The molecule has 0 aliphatic heterocycles. The summed E-state index contributed by atoms with van der Waals surface area (Å²) < 4.78 is 1.03. The summed E-state index contributed by atoms with van der Waals surface area (Å²) >= 11 is 3.40. The van der Waals surface area contributed by atoms with Crippen molar-refractivity contribution in [2.45, 2.75) is 52.6 Å². The molecule has 4 heteroatoms. The number of hydrogen-bond donors (Lipinski definition) is 2. The lowest BCUT2D eigenvalue weighted by molar-refractivity contribution is -0.122. The molecule has 0 spiro atoms. The molecule has 1 aromatic carbocycles. The predicted octanol–water partition coefficient (Wildman–Crippen LogP) is 3.78. The number of nitrogens with one attached hydrogen (secondary N) is 1. The van der Waals surface area contributed by atoms with Crippen molar-refractivity contribution in [2.24, 2.45) is 11.1 Å². The van der Waals surface area contributed by atoms with E-state index < -0.39 is 0 Å². The number of hydrogen-bond acceptors (Lipinski definition) is 2. The average molecular weight is 341 g/mol. The molecule has 0 aliphatic rings. The maximum atomic E-state index is 12.0. The fraction of sp³-hybridized carbons (Fsp3) is 0.562. The molecular weight excluding hydrogens is 316 g/mol. The minimum atomic E-state index is -0.0906. The van der Waals surface area contributed by atoms with Crippen LogP contribution in [0.25, 0.3) is 0 Å². The number of benzene rings is 1. The average Bonchev–Trinajstić information content (AvgIpc) is 2.26. The Labute approximate surface area is 130 Å². The van der Waals surface area contributed by atoms with Crippen molar-refractivity contribution in [3.05, 3.63) is 34.3 Å². The third-order valence-electron chi connectivity index (χ3n) is 3.07. The zero-order valence-corrected chi connectivity index (χ0v) is 14.3. The first-order valence-corrected chi connectivity index (χ1v) is 7.77. The molecule has 20 heavy (non-hydrogen) atoms. The lowest BCUT2D eigenvalue weighted by Gasteiger charge is -2.23. The summed E-state index contributed by atoms with van der Waals surface area (Å²) in [6.45, 7) is 8.38. The van der Waals surface area contributed by atoms with E-state index in [1.54, 1.807) is 0 Å². The molecule has 0 radical (unpaired) electrons. The number of carbonyl (C=O) groups is 1. The van der Waals surface area contributed by atoms with Gasteiger partial charge in [0.2, 0.25) is 5.91 Å². The largest absolute Gasteiger partial charge is 0.350 e. The van der Waals surface area contributed by atoms with Crippen molar-refractivity contribution in [2.75, 3.05) is 0 Å². The molecule has 0 aliphatic carbocycles. The molecule has 1 amide bonds. The Balaban J connectivity index is 2.47. The molecule has 3 N–H and O–H groups in total. The maximum absolute atomic E-state index is 12.0. The molecule has 2 atom stereocenters. The van der Waals surface area contributed by atoms with E-state index in [9.17, 15) is 4.79 Å². The highest BCUT2D eigenvalue weighted by atomic mass is 79.9. The van der Waals surface area contributed by atoms with Crippen LogP contribution in [-0.4, -0.2) is 11.9 Å². The van der Waals surface area contributed by atoms with Crippen molar-refractivity contribution < 1.29 is 4.79 Å². The number of halogens is 1. The van der Waals surface area contributed by atoms with Crippen LogP contribution in [0.15, 0.2) is 28.7 Å². The Morgan fingerprint density at radius 2 is 1.85 bits per heavy atom. The molecule has 1 unspecified atom stereocenters. The highest BCUT2D eigenvalue weighted by Crippen LogP contribution is 2.21. The van der Waals surface area contributed by atoms with E-state index >= 15 is 0 Å². The van der Waals surface area contributed by atoms with E-state index in [-0.39, 0.29) is 23.4 Å². The first-order chi connectivity index (χ1) is 9.17.